The molecule has 0 amide bonds. The molecular weight excluding hydrogens is 507 g/mol. The van der Waals surface area contributed by atoms with Crippen LogP contribution in [0.4, 0.5) is 13.2 Å². The third kappa shape index (κ3) is 4.87. The molecule has 2 N–H and O–H groups in total. The van der Waals surface area contributed by atoms with E-state index in [9.17, 15) is 23.1 Å². The zero-order valence-electron chi connectivity index (χ0n) is 17.8. The van der Waals surface area contributed by atoms with Gasteiger partial charge in [0.1, 0.15) is 43.3 Å². The van der Waals surface area contributed by atoms with Crippen LogP contribution in [-0.4, -0.2) is 30.4 Å². The first-order valence-electron chi connectivity index (χ1n) is 10.3. The van der Waals surface area contributed by atoms with Gasteiger partial charge in [-0.2, -0.15) is 13.2 Å². The molecule has 4 rings (SSSR count). The summed E-state index contributed by atoms with van der Waals surface area (Å²) < 4.78 is 58.6. The predicted octanol–water partition coefficient (Wildman–Crippen LogP) is 4.26. The maximum absolute atomic E-state index is 13.9. The lowest BCUT2D eigenvalue weighted by atomic mass is 10.1. The fourth-order valence-electron chi connectivity index (χ4n) is 4.16. The van der Waals surface area contributed by atoms with Gasteiger partial charge in [-0.1, -0.05) is 12.1 Å². The van der Waals surface area contributed by atoms with Gasteiger partial charge in [0.2, 0.25) is 11.2 Å². The van der Waals surface area contributed by atoms with E-state index in [0.29, 0.717) is 17.6 Å². The Morgan fingerprint density at radius 3 is 2.45 bits per heavy atom. The van der Waals surface area contributed by atoms with Gasteiger partial charge in [-0.05, 0) is 54.0 Å². The fraction of sp³-hybridized carbons (Fsp3) is 0.348. The molecule has 1 saturated heterocycles. The molecule has 1 aromatic heterocycles. The van der Waals surface area contributed by atoms with Crippen molar-refractivity contribution < 1.29 is 37.1 Å². The number of para-hydroxylation sites is 1. The number of phenols is 1. The molecule has 3 aromatic rings. The van der Waals surface area contributed by atoms with E-state index in [1.54, 1.807) is 18.2 Å². The largest absolute Gasteiger partial charge is 0.507 e. The zero-order chi connectivity index (χ0) is 23.9. The van der Waals surface area contributed by atoms with Crippen LogP contribution in [-0.2, 0) is 17.5 Å². The SMILES string of the molecule is C[C@@H]1C[NH+](Cc2c(O)ccc3c(=O)c(Oc4ccccc4Br)c(C(F)(F)F)oc23)C[C@H](C)O1. The van der Waals surface area contributed by atoms with Crippen molar-refractivity contribution in [3.8, 4) is 17.2 Å². The van der Waals surface area contributed by atoms with Gasteiger partial charge in [0.15, 0.2) is 5.58 Å². The minimum atomic E-state index is -5.00. The molecule has 0 aliphatic carbocycles. The van der Waals surface area contributed by atoms with Crippen LogP contribution in [0.5, 0.6) is 17.2 Å². The number of fused-ring (bicyclic) bond motifs is 1. The molecule has 33 heavy (non-hydrogen) atoms. The van der Waals surface area contributed by atoms with Crippen molar-refractivity contribution >= 4 is 26.9 Å². The maximum atomic E-state index is 13.9. The van der Waals surface area contributed by atoms with Crippen molar-refractivity contribution in [1.29, 1.82) is 0 Å². The molecule has 2 aromatic carbocycles. The number of hydrogen-bond acceptors (Lipinski definition) is 5. The second-order valence-corrected chi connectivity index (χ2v) is 9.01. The van der Waals surface area contributed by atoms with Gasteiger partial charge in [0.05, 0.1) is 15.4 Å². The molecule has 0 spiro atoms. The number of halogens is 4. The van der Waals surface area contributed by atoms with Crippen LogP contribution in [0.15, 0.2) is 50.1 Å². The molecule has 1 aliphatic heterocycles. The number of quaternary nitrogens is 1. The first-order chi connectivity index (χ1) is 15.5. The molecule has 0 bridgehead atoms. The normalized spacial score (nSPS) is 21.3. The molecular formula is C23H22BrF3NO5+. The Bertz CT molecular complexity index is 1230. The number of ether oxygens (including phenoxy) is 2. The quantitative estimate of drug-likeness (QED) is 0.529. The number of nitrogens with one attached hydrogen (secondary N) is 1. The lowest BCUT2D eigenvalue weighted by Crippen LogP contribution is -3.14. The molecule has 10 heteroatoms. The van der Waals surface area contributed by atoms with Crippen LogP contribution >= 0.6 is 15.9 Å². The van der Waals surface area contributed by atoms with Gasteiger partial charge >= 0.3 is 6.18 Å². The Balaban J connectivity index is 1.87. The zero-order valence-corrected chi connectivity index (χ0v) is 19.4. The van der Waals surface area contributed by atoms with Crippen molar-refractivity contribution in [1.82, 2.24) is 0 Å². The van der Waals surface area contributed by atoms with Crippen molar-refractivity contribution in [2.75, 3.05) is 13.1 Å². The van der Waals surface area contributed by atoms with E-state index < -0.39 is 23.1 Å². The number of benzene rings is 2. The third-order valence-corrected chi connectivity index (χ3v) is 6.10. The van der Waals surface area contributed by atoms with Crippen molar-refractivity contribution in [2.45, 2.75) is 38.8 Å². The highest BCUT2D eigenvalue weighted by molar-refractivity contribution is 9.10. The van der Waals surface area contributed by atoms with E-state index in [2.05, 4.69) is 15.9 Å². The van der Waals surface area contributed by atoms with E-state index in [1.165, 1.54) is 18.2 Å². The van der Waals surface area contributed by atoms with Gasteiger partial charge in [-0.3, -0.25) is 4.79 Å². The average Bonchev–Trinajstić information content (AvgIpc) is 2.72. The predicted molar refractivity (Wildman–Crippen MR) is 118 cm³/mol. The molecule has 3 atom stereocenters. The van der Waals surface area contributed by atoms with Crippen LogP contribution < -0.4 is 15.1 Å². The Hall–Kier alpha value is -2.56. The molecule has 1 aliphatic rings. The smallest absolute Gasteiger partial charge is 0.453 e. The Morgan fingerprint density at radius 2 is 1.82 bits per heavy atom. The van der Waals surface area contributed by atoms with E-state index in [-0.39, 0.29) is 46.8 Å². The van der Waals surface area contributed by atoms with Crippen LogP contribution in [0.25, 0.3) is 11.0 Å². The van der Waals surface area contributed by atoms with Crippen LogP contribution in [0.2, 0.25) is 0 Å². The second-order valence-electron chi connectivity index (χ2n) is 8.15. The highest BCUT2D eigenvalue weighted by atomic mass is 79.9. The molecule has 6 nitrogen and oxygen atoms in total. The molecule has 176 valence electrons. The number of morpholine rings is 1. The summed E-state index contributed by atoms with van der Waals surface area (Å²) in [6.45, 7) is 5.18. The highest BCUT2D eigenvalue weighted by Crippen LogP contribution is 2.40. The summed E-state index contributed by atoms with van der Waals surface area (Å²) in [6, 6.07) is 8.77. The lowest BCUT2D eigenvalue weighted by Gasteiger charge is -2.32. The molecule has 0 saturated carbocycles. The summed E-state index contributed by atoms with van der Waals surface area (Å²) in [5, 5.41) is 10.4. The van der Waals surface area contributed by atoms with Gasteiger partial charge in [-0.25, -0.2) is 0 Å². The second kappa shape index (κ2) is 9.00. The van der Waals surface area contributed by atoms with E-state index in [0.717, 1.165) is 4.90 Å². The van der Waals surface area contributed by atoms with Crippen molar-refractivity contribution in [3.63, 3.8) is 0 Å². The van der Waals surface area contributed by atoms with Crippen LogP contribution in [0.3, 0.4) is 0 Å². The van der Waals surface area contributed by atoms with Gasteiger partial charge in [0, 0.05) is 0 Å². The summed E-state index contributed by atoms with van der Waals surface area (Å²) in [7, 11) is 0. The van der Waals surface area contributed by atoms with Crippen molar-refractivity contribution in [2.24, 2.45) is 0 Å². The lowest BCUT2D eigenvalue weighted by molar-refractivity contribution is -0.928. The summed E-state index contributed by atoms with van der Waals surface area (Å²) in [6.07, 6.45) is -5.10. The van der Waals surface area contributed by atoms with E-state index >= 15 is 0 Å². The summed E-state index contributed by atoms with van der Waals surface area (Å²) in [5.41, 5.74) is -1.13. The van der Waals surface area contributed by atoms with Crippen LogP contribution in [0, 0.1) is 0 Å². The fourth-order valence-corrected chi connectivity index (χ4v) is 4.52. The molecule has 0 radical (unpaired) electrons. The average molecular weight is 529 g/mol. The topological polar surface area (TPSA) is 73.3 Å². The van der Waals surface area contributed by atoms with Gasteiger partial charge in [-0.15, -0.1) is 0 Å². The maximum Gasteiger partial charge on any atom is 0.453 e. The van der Waals surface area contributed by atoms with Crippen molar-refractivity contribution in [3.05, 3.63) is 62.4 Å². The van der Waals surface area contributed by atoms with E-state index in [1.807, 2.05) is 13.8 Å². The molecule has 2 heterocycles. The number of phenolic OH excluding ortho intramolecular Hbond substituents is 1. The first-order valence-corrected chi connectivity index (χ1v) is 11.1. The summed E-state index contributed by atoms with van der Waals surface area (Å²) in [5.74, 6) is -2.72. The number of rotatable bonds is 4. The summed E-state index contributed by atoms with van der Waals surface area (Å²) >= 11 is 3.20. The third-order valence-electron chi connectivity index (χ3n) is 5.45. The number of alkyl halides is 3. The Labute approximate surface area is 195 Å². The van der Waals surface area contributed by atoms with E-state index in [4.69, 9.17) is 13.9 Å². The first kappa shape index (κ1) is 23.6. The Kier molecular flexibility index (Phi) is 6.43. The number of aromatic hydroxyl groups is 1. The minimum Gasteiger partial charge on any atom is -0.507 e. The standard InChI is InChI=1S/C23H21BrF3NO5/c1-12-9-28(10-13(2)31-12)11-15-17(29)8-7-14-19(30)21(22(23(25,26)27)33-20(14)15)32-18-6-4-3-5-16(18)24/h3-8,12-13,29H,9-11H2,1-2H3/p+1/t12-,13+. The molecule has 1 fully saturated rings. The summed E-state index contributed by atoms with van der Waals surface area (Å²) in [4.78, 5) is 14.2. The van der Waals surface area contributed by atoms with Gasteiger partial charge in [0.25, 0.3) is 5.76 Å². The Morgan fingerprint density at radius 1 is 1.15 bits per heavy atom. The van der Waals surface area contributed by atoms with Crippen LogP contribution in [0.1, 0.15) is 25.2 Å². The monoisotopic (exact) mass is 528 g/mol. The highest BCUT2D eigenvalue weighted by Gasteiger charge is 2.41. The minimum absolute atomic E-state index is 0.0365. The molecule has 1 unspecified atom stereocenters. The van der Waals surface area contributed by atoms with Gasteiger partial charge < -0.3 is 23.9 Å². The number of hydrogen-bond donors (Lipinski definition) is 2.